The minimum atomic E-state index is -0.480. The normalized spacial score (nSPS) is 15.4. The van der Waals surface area contributed by atoms with E-state index in [2.05, 4.69) is 16.0 Å². The van der Waals surface area contributed by atoms with E-state index < -0.39 is 11.7 Å². The van der Waals surface area contributed by atoms with Crippen molar-refractivity contribution in [3.8, 4) is 0 Å². The minimum absolute atomic E-state index is 0.422. The molecule has 3 N–H and O–H groups in total. The fourth-order valence-corrected chi connectivity index (χ4v) is 2.03. The van der Waals surface area contributed by atoms with Crippen LogP contribution in [0.5, 0.6) is 0 Å². The molecule has 1 fully saturated rings. The molecular formula is C16H25N3O2. The number of carbonyl (C=O) groups excluding carboxylic acids is 1. The van der Waals surface area contributed by atoms with E-state index in [4.69, 9.17) is 4.74 Å². The summed E-state index contributed by atoms with van der Waals surface area (Å²) in [5.41, 5.74) is 1.53. The molecule has 1 amide bonds. The number of hydrogen-bond donors (Lipinski definition) is 3. The van der Waals surface area contributed by atoms with Gasteiger partial charge in [-0.1, -0.05) is 12.1 Å². The van der Waals surface area contributed by atoms with E-state index in [-0.39, 0.29) is 0 Å². The molecule has 0 saturated carbocycles. The van der Waals surface area contributed by atoms with Crippen LogP contribution in [-0.4, -0.2) is 37.4 Å². The molecule has 5 heteroatoms. The summed E-state index contributed by atoms with van der Waals surface area (Å²) in [5, 5.41) is 9.46. The molecule has 1 heterocycles. The Morgan fingerprint density at radius 1 is 1.29 bits per heavy atom. The van der Waals surface area contributed by atoms with Gasteiger partial charge in [-0.2, -0.15) is 0 Å². The van der Waals surface area contributed by atoms with Crippen LogP contribution in [0, 0.1) is 0 Å². The number of nitrogens with one attached hydrogen (secondary N) is 3. The Kier molecular flexibility index (Phi) is 5.20. The maximum Gasteiger partial charge on any atom is 0.412 e. The van der Waals surface area contributed by atoms with Crippen LogP contribution in [0.3, 0.4) is 0 Å². The van der Waals surface area contributed by atoms with Gasteiger partial charge < -0.3 is 15.4 Å². The standard InChI is InChI=1S/C16H25N3O2/c1-16(2,3)21-15(20)19-13-6-4-12(5-7-13)8-9-18-14-10-17-11-14/h4-7,14,17-18H,8-11H2,1-3H3,(H,19,20). The molecule has 1 aliphatic rings. The number of amides is 1. The monoisotopic (exact) mass is 291 g/mol. The first-order valence-electron chi connectivity index (χ1n) is 7.45. The fraction of sp³-hybridized carbons (Fsp3) is 0.562. The first-order valence-corrected chi connectivity index (χ1v) is 7.45. The lowest BCUT2D eigenvalue weighted by atomic mass is 10.1. The van der Waals surface area contributed by atoms with Gasteiger partial charge in [0.15, 0.2) is 0 Å². The third-order valence-corrected chi connectivity index (χ3v) is 3.23. The summed E-state index contributed by atoms with van der Waals surface area (Å²) >= 11 is 0. The largest absolute Gasteiger partial charge is 0.444 e. The summed E-state index contributed by atoms with van der Waals surface area (Å²) in [7, 11) is 0. The maximum absolute atomic E-state index is 11.7. The minimum Gasteiger partial charge on any atom is -0.444 e. The number of anilines is 1. The van der Waals surface area contributed by atoms with Crippen LogP contribution in [0.25, 0.3) is 0 Å². The van der Waals surface area contributed by atoms with Crippen molar-refractivity contribution in [2.45, 2.75) is 38.8 Å². The van der Waals surface area contributed by atoms with Gasteiger partial charge in [0.2, 0.25) is 0 Å². The molecule has 116 valence electrons. The van der Waals surface area contributed by atoms with Crippen LogP contribution in [0.1, 0.15) is 26.3 Å². The van der Waals surface area contributed by atoms with Crippen LogP contribution in [0.4, 0.5) is 10.5 Å². The smallest absolute Gasteiger partial charge is 0.412 e. The van der Waals surface area contributed by atoms with Gasteiger partial charge in [-0.3, -0.25) is 5.32 Å². The molecule has 0 spiro atoms. The Bertz CT molecular complexity index is 461. The molecule has 21 heavy (non-hydrogen) atoms. The van der Waals surface area contributed by atoms with Gasteiger partial charge >= 0.3 is 6.09 Å². The quantitative estimate of drug-likeness (QED) is 0.778. The zero-order valence-electron chi connectivity index (χ0n) is 13.0. The molecule has 1 aliphatic heterocycles. The summed E-state index contributed by atoms with van der Waals surface area (Å²) in [6, 6.07) is 8.51. The zero-order chi connectivity index (χ0) is 15.3. The molecule has 0 unspecified atom stereocenters. The van der Waals surface area contributed by atoms with Gasteiger partial charge in [0, 0.05) is 24.8 Å². The second-order valence-electron chi connectivity index (χ2n) is 6.38. The summed E-state index contributed by atoms with van der Waals surface area (Å²) in [5.74, 6) is 0. The molecular weight excluding hydrogens is 266 g/mol. The van der Waals surface area contributed by atoms with E-state index in [0.29, 0.717) is 6.04 Å². The van der Waals surface area contributed by atoms with Crippen molar-refractivity contribution in [1.29, 1.82) is 0 Å². The van der Waals surface area contributed by atoms with Crippen LogP contribution in [-0.2, 0) is 11.2 Å². The zero-order valence-corrected chi connectivity index (χ0v) is 13.0. The van der Waals surface area contributed by atoms with Gasteiger partial charge in [-0.05, 0) is 51.4 Å². The highest BCUT2D eigenvalue weighted by Crippen LogP contribution is 2.13. The second kappa shape index (κ2) is 6.91. The third-order valence-electron chi connectivity index (χ3n) is 3.23. The molecule has 0 bridgehead atoms. The van der Waals surface area contributed by atoms with Crippen molar-refractivity contribution < 1.29 is 9.53 Å². The van der Waals surface area contributed by atoms with Crippen molar-refractivity contribution >= 4 is 11.8 Å². The first kappa shape index (κ1) is 15.8. The highest BCUT2D eigenvalue weighted by atomic mass is 16.6. The highest BCUT2D eigenvalue weighted by Gasteiger charge is 2.16. The van der Waals surface area contributed by atoms with Crippen molar-refractivity contribution in [2.75, 3.05) is 25.0 Å². The molecule has 0 radical (unpaired) electrons. The van der Waals surface area contributed by atoms with Gasteiger partial charge in [0.1, 0.15) is 5.60 Å². The number of benzene rings is 1. The van der Waals surface area contributed by atoms with Crippen LogP contribution >= 0.6 is 0 Å². The van der Waals surface area contributed by atoms with E-state index in [1.807, 2.05) is 45.0 Å². The number of rotatable bonds is 5. The van der Waals surface area contributed by atoms with E-state index in [1.54, 1.807) is 0 Å². The number of hydrogen-bond acceptors (Lipinski definition) is 4. The third kappa shape index (κ3) is 5.73. The van der Waals surface area contributed by atoms with E-state index in [0.717, 1.165) is 31.7 Å². The lowest BCUT2D eigenvalue weighted by Crippen LogP contribution is -2.55. The van der Waals surface area contributed by atoms with Gasteiger partial charge in [-0.25, -0.2) is 4.79 Å². The Morgan fingerprint density at radius 2 is 1.95 bits per heavy atom. The Labute approximate surface area is 126 Å². The Hall–Kier alpha value is -1.59. The van der Waals surface area contributed by atoms with Crippen molar-refractivity contribution in [1.82, 2.24) is 10.6 Å². The predicted octanol–water partition coefficient (Wildman–Crippen LogP) is 2.14. The maximum atomic E-state index is 11.7. The summed E-state index contributed by atoms with van der Waals surface area (Å²) in [4.78, 5) is 11.7. The molecule has 5 nitrogen and oxygen atoms in total. The van der Waals surface area contributed by atoms with Gasteiger partial charge in [0.05, 0.1) is 0 Å². The SMILES string of the molecule is CC(C)(C)OC(=O)Nc1ccc(CCNC2CNC2)cc1. The summed E-state index contributed by atoms with van der Waals surface area (Å²) in [6.45, 7) is 8.66. The molecule has 1 aromatic carbocycles. The Morgan fingerprint density at radius 3 is 2.48 bits per heavy atom. The fourth-order valence-electron chi connectivity index (χ4n) is 2.03. The second-order valence-corrected chi connectivity index (χ2v) is 6.38. The van der Waals surface area contributed by atoms with Crippen molar-refractivity contribution in [2.24, 2.45) is 0 Å². The number of ether oxygens (including phenoxy) is 1. The highest BCUT2D eigenvalue weighted by molar-refractivity contribution is 5.84. The average Bonchev–Trinajstić information content (AvgIpc) is 2.32. The molecule has 2 rings (SSSR count). The van der Waals surface area contributed by atoms with E-state index >= 15 is 0 Å². The van der Waals surface area contributed by atoms with Gasteiger partial charge in [0.25, 0.3) is 0 Å². The first-order chi connectivity index (χ1) is 9.92. The number of carbonyl (C=O) groups is 1. The molecule has 0 atom stereocenters. The predicted molar refractivity (Wildman–Crippen MR) is 84.7 cm³/mol. The van der Waals surface area contributed by atoms with E-state index in [1.165, 1.54) is 5.56 Å². The lowest BCUT2D eigenvalue weighted by Gasteiger charge is -2.28. The molecule has 1 saturated heterocycles. The van der Waals surface area contributed by atoms with Crippen molar-refractivity contribution in [3.63, 3.8) is 0 Å². The van der Waals surface area contributed by atoms with Crippen molar-refractivity contribution in [3.05, 3.63) is 29.8 Å². The summed E-state index contributed by atoms with van der Waals surface area (Å²) < 4.78 is 5.22. The van der Waals surface area contributed by atoms with Crippen LogP contribution in [0.2, 0.25) is 0 Å². The van der Waals surface area contributed by atoms with Crippen LogP contribution < -0.4 is 16.0 Å². The lowest BCUT2D eigenvalue weighted by molar-refractivity contribution is 0.0636. The molecule has 0 aromatic heterocycles. The molecule has 1 aromatic rings. The summed E-state index contributed by atoms with van der Waals surface area (Å²) in [6.07, 6.45) is 0.567. The molecule has 0 aliphatic carbocycles. The Balaban J connectivity index is 1.74. The average molecular weight is 291 g/mol. The van der Waals surface area contributed by atoms with E-state index in [9.17, 15) is 4.79 Å². The van der Waals surface area contributed by atoms with Crippen LogP contribution in [0.15, 0.2) is 24.3 Å². The van der Waals surface area contributed by atoms with Gasteiger partial charge in [-0.15, -0.1) is 0 Å². The topological polar surface area (TPSA) is 62.4 Å².